The van der Waals surface area contributed by atoms with Gasteiger partial charge in [-0.3, -0.25) is 5.32 Å². The first-order chi connectivity index (χ1) is 18.0. The Kier molecular flexibility index (Phi) is 8.46. The highest BCUT2D eigenvalue weighted by molar-refractivity contribution is 7.91. The fourth-order valence-corrected chi connectivity index (χ4v) is 7.35. The summed E-state index contributed by atoms with van der Waals surface area (Å²) < 4.78 is 38.5. The highest BCUT2D eigenvalue weighted by Crippen LogP contribution is 2.40. The summed E-state index contributed by atoms with van der Waals surface area (Å²) in [6.45, 7) is 4.04. The Balaban J connectivity index is 1.75. The van der Waals surface area contributed by atoms with Crippen molar-refractivity contribution >= 4 is 15.8 Å². The molecule has 0 radical (unpaired) electrons. The highest BCUT2D eigenvalue weighted by Gasteiger charge is 2.48. The molecule has 208 valence electrons. The van der Waals surface area contributed by atoms with Crippen molar-refractivity contribution < 1.29 is 43.1 Å². The molecule has 0 aliphatic carbocycles. The maximum atomic E-state index is 13.8. The lowest BCUT2D eigenvalue weighted by atomic mass is 9.88. The van der Waals surface area contributed by atoms with E-state index in [2.05, 4.69) is 12.2 Å². The van der Waals surface area contributed by atoms with Gasteiger partial charge < -0.3 is 29.9 Å². The van der Waals surface area contributed by atoms with Gasteiger partial charge in [-0.25, -0.2) is 13.2 Å². The first kappa shape index (κ1) is 28.5. The molecule has 1 saturated heterocycles. The molecule has 0 amide bonds. The predicted molar refractivity (Wildman–Crippen MR) is 137 cm³/mol. The number of benzene rings is 2. The van der Waals surface area contributed by atoms with E-state index in [0.717, 1.165) is 18.4 Å². The number of carboxylic acids is 1. The Bertz CT molecular complexity index is 1240. The number of aliphatic carboxylic acids is 1. The lowest BCUT2D eigenvalue weighted by molar-refractivity contribution is -0.271. The van der Waals surface area contributed by atoms with Crippen LogP contribution in [0.4, 0.5) is 0 Å². The number of ether oxygens (including phenoxy) is 2. The minimum Gasteiger partial charge on any atom is -0.479 e. The minimum atomic E-state index is -3.82. The van der Waals surface area contributed by atoms with Crippen LogP contribution in [0.15, 0.2) is 53.4 Å². The van der Waals surface area contributed by atoms with Crippen LogP contribution >= 0.6 is 0 Å². The van der Waals surface area contributed by atoms with Gasteiger partial charge >= 0.3 is 5.97 Å². The standard InChI is InChI=1S/C27H35NO9S/c1-3-5-13-27(4-2)15-38(34,35)19-14-17(11-12-18(19)20(28-27)16-9-7-6-8-10-16)36-26-23(31)21(29)22(30)24(37-26)25(32)33/h6-12,14,20-24,26,28-31H,3-5,13,15H2,1-2H3,(H,32,33)/t20-,21+,22+,23-,24+,26-,27-/m1/s1. The number of rotatable bonds is 8. The number of aliphatic hydroxyl groups is 3. The summed E-state index contributed by atoms with van der Waals surface area (Å²) in [6, 6.07) is 13.6. The number of fused-ring (bicyclic) bond motifs is 1. The Labute approximate surface area is 222 Å². The van der Waals surface area contributed by atoms with E-state index in [1.165, 1.54) is 12.1 Å². The van der Waals surface area contributed by atoms with E-state index >= 15 is 0 Å². The largest absolute Gasteiger partial charge is 0.479 e. The van der Waals surface area contributed by atoms with Gasteiger partial charge in [0.2, 0.25) is 6.29 Å². The summed E-state index contributed by atoms with van der Waals surface area (Å²) in [6.07, 6.45) is -5.89. The number of nitrogens with one attached hydrogen (secondary N) is 1. The normalized spacial score (nSPS) is 32.7. The number of carbonyl (C=O) groups is 1. The summed E-state index contributed by atoms with van der Waals surface area (Å²) in [5.41, 5.74) is 0.785. The monoisotopic (exact) mass is 549 g/mol. The van der Waals surface area contributed by atoms with Crippen LogP contribution in [0.5, 0.6) is 5.75 Å². The molecule has 1 fully saturated rings. The molecular formula is C27H35NO9S. The zero-order chi connectivity index (χ0) is 27.7. The van der Waals surface area contributed by atoms with Gasteiger partial charge in [0.15, 0.2) is 15.9 Å². The Morgan fingerprint density at radius 2 is 1.79 bits per heavy atom. The number of sulfone groups is 1. The van der Waals surface area contributed by atoms with Crippen LogP contribution in [0.25, 0.3) is 0 Å². The van der Waals surface area contributed by atoms with Gasteiger partial charge in [-0.2, -0.15) is 0 Å². The number of carboxylic acid groups (broad SMARTS) is 1. The third-order valence-electron chi connectivity index (χ3n) is 7.43. The molecule has 11 heteroatoms. The smallest absolute Gasteiger partial charge is 0.335 e. The topological polar surface area (TPSA) is 163 Å². The summed E-state index contributed by atoms with van der Waals surface area (Å²) in [7, 11) is -3.82. The molecule has 38 heavy (non-hydrogen) atoms. The molecule has 0 aromatic heterocycles. The van der Waals surface area contributed by atoms with Crippen molar-refractivity contribution in [1.29, 1.82) is 0 Å². The summed E-state index contributed by atoms with van der Waals surface area (Å²) in [5.74, 6) is -1.65. The number of hydrogen-bond donors (Lipinski definition) is 5. The van der Waals surface area contributed by atoms with Crippen molar-refractivity contribution in [3.63, 3.8) is 0 Å². The van der Waals surface area contributed by atoms with Gasteiger partial charge in [0.25, 0.3) is 0 Å². The van der Waals surface area contributed by atoms with Gasteiger partial charge in [-0.1, -0.05) is 63.1 Å². The highest BCUT2D eigenvalue weighted by atomic mass is 32.2. The molecule has 0 bridgehead atoms. The van der Waals surface area contributed by atoms with Crippen molar-refractivity contribution in [1.82, 2.24) is 5.32 Å². The zero-order valence-electron chi connectivity index (χ0n) is 21.4. The van der Waals surface area contributed by atoms with Gasteiger partial charge in [0, 0.05) is 5.54 Å². The lowest BCUT2D eigenvalue weighted by Crippen LogP contribution is -2.61. The average molecular weight is 550 g/mol. The lowest BCUT2D eigenvalue weighted by Gasteiger charge is -2.38. The van der Waals surface area contributed by atoms with E-state index in [1.54, 1.807) is 6.07 Å². The maximum absolute atomic E-state index is 13.8. The van der Waals surface area contributed by atoms with Gasteiger partial charge in [0.1, 0.15) is 24.1 Å². The molecule has 0 spiro atoms. The first-order valence-corrected chi connectivity index (χ1v) is 14.5. The zero-order valence-corrected chi connectivity index (χ0v) is 22.2. The van der Waals surface area contributed by atoms with Crippen LogP contribution in [-0.2, 0) is 19.4 Å². The van der Waals surface area contributed by atoms with Crippen LogP contribution in [0.2, 0.25) is 0 Å². The molecule has 2 aromatic rings. The number of unbranched alkanes of at least 4 members (excludes halogenated alkanes) is 1. The predicted octanol–water partition coefficient (Wildman–Crippen LogP) is 1.76. The van der Waals surface area contributed by atoms with Gasteiger partial charge in [0.05, 0.1) is 16.7 Å². The van der Waals surface area contributed by atoms with Crippen LogP contribution in [-0.4, -0.2) is 76.8 Å². The summed E-state index contributed by atoms with van der Waals surface area (Å²) in [4.78, 5) is 11.5. The van der Waals surface area contributed by atoms with E-state index in [0.29, 0.717) is 18.4 Å². The van der Waals surface area contributed by atoms with Crippen LogP contribution in [0.3, 0.4) is 0 Å². The fourth-order valence-electron chi connectivity index (χ4n) is 5.20. The second kappa shape index (κ2) is 11.3. The van der Waals surface area contributed by atoms with E-state index in [4.69, 9.17) is 9.47 Å². The van der Waals surface area contributed by atoms with E-state index in [-0.39, 0.29) is 16.4 Å². The maximum Gasteiger partial charge on any atom is 0.335 e. The van der Waals surface area contributed by atoms with Crippen LogP contribution < -0.4 is 10.1 Å². The molecule has 2 aliphatic heterocycles. The minimum absolute atomic E-state index is 0.00784. The van der Waals surface area contributed by atoms with Crippen LogP contribution in [0, 0.1) is 0 Å². The van der Waals surface area contributed by atoms with E-state index < -0.39 is 58.1 Å². The summed E-state index contributed by atoms with van der Waals surface area (Å²) in [5, 5.41) is 43.4. The molecule has 0 saturated carbocycles. The molecule has 2 heterocycles. The Morgan fingerprint density at radius 1 is 1.08 bits per heavy atom. The van der Waals surface area contributed by atoms with E-state index in [9.17, 15) is 33.6 Å². The van der Waals surface area contributed by atoms with Crippen molar-refractivity contribution in [2.75, 3.05) is 5.75 Å². The average Bonchev–Trinajstić information content (AvgIpc) is 3.00. The third-order valence-corrected chi connectivity index (χ3v) is 9.39. The fraction of sp³-hybridized carbons (Fsp3) is 0.519. The number of hydrogen-bond acceptors (Lipinski definition) is 9. The van der Waals surface area contributed by atoms with Crippen LogP contribution in [0.1, 0.15) is 56.7 Å². The SMILES string of the molecule is CCCC[C@]1(CC)CS(=O)(=O)c2cc(O[C@@H]3O[C@H](C(=O)O)[C@@H](O)[C@H](O)[C@H]3O)ccc2[C@@H](c2ccccc2)N1. The second-order valence-electron chi connectivity index (χ2n) is 10.0. The quantitative estimate of drug-likeness (QED) is 0.328. The van der Waals surface area contributed by atoms with Crippen molar-refractivity contribution in [3.8, 4) is 5.75 Å². The Morgan fingerprint density at radius 3 is 2.42 bits per heavy atom. The third kappa shape index (κ3) is 5.58. The van der Waals surface area contributed by atoms with Gasteiger partial charge in [-0.05, 0) is 36.1 Å². The molecular weight excluding hydrogens is 514 g/mol. The second-order valence-corrected chi connectivity index (χ2v) is 12.0. The number of aliphatic hydroxyl groups excluding tert-OH is 3. The van der Waals surface area contributed by atoms with Crippen molar-refractivity contribution in [2.24, 2.45) is 0 Å². The molecule has 5 N–H and O–H groups in total. The van der Waals surface area contributed by atoms with E-state index in [1.807, 2.05) is 37.3 Å². The molecule has 0 unspecified atom stereocenters. The summed E-state index contributed by atoms with van der Waals surface area (Å²) >= 11 is 0. The van der Waals surface area contributed by atoms with Crippen molar-refractivity contribution in [2.45, 2.75) is 86.7 Å². The van der Waals surface area contributed by atoms with Gasteiger partial charge in [-0.15, -0.1) is 0 Å². The Hall–Kier alpha value is -2.54. The molecule has 2 aliphatic rings. The first-order valence-electron chi connectivity index (χ1n) is 12.8. The molecule has 4 rings (SSSR count). The molecule has 10 nitrogen and oxygen atoms in total. The van der Waals surface area contributed by atoms with Crippen molar-refractivity contribution in [3.05, 3.63) is 59.7 Å². The molecule has 7 atom stereocenters. The molecule has 2 aromatic carbocycles.